The SMILES string of the molecule is CCNC(c1nc2c(s1)CCC2)c1cnn(C)c1C. The second kappa shape index (κ2) is 5.06. The zero-order chi connectivity index (χ0) is 13.4. The van der Waals surface area contributed by atoms with Gasteiger partial charge in [-0.3, -0.25) is 4.68 Å². The minimum atomic E-state index is 0.189. The van der Waals surface area contributed by atoms with Crippen LogP contribution in [0, 0.1) is 6.92 Å². The Morgan fingerprint density at radius 3 is 2.95 bits per heavy atom. The summed E-state index contributed by atoms with van der Waals surface area (Å²) in [4.78, 5) is 6.34. The predicted octanol–water partition coefficient (Wildman–Crippen LogP) is 2.37. The van der Waals surface area contributed by atoms with Crippen molar-refractivity contribution in [1.29, 1.82) is 0 Å². The highest BCUT2D eigenvalue weighted by Gasteiger charge is 2.24. The van der Waals surface area contributed by atoms with Gasteiger partial charge in [-0.2, -0.15) is 5.10 Å². The molecule has 2 aromatic rings. The third kappa shape index (κ3) is 2.21. The van der Waals surface area contributed by atoms with Crippen LogP contribution in [0.2, 0.25) is 0 Å². The molecule has 2 aromatic heterocycles. The summed E-state index contributed by atoms with van der Waals surface area (Å²) in [5.74, 6) is 0. The maximum absolute atomic E-state index is 4.86. The fourth-order valence-electron chi connectivity index (χ4n) is 2.67. The molecule has 0 aliphatic heterocycles. The maximum Gasteiger partial charge on any atom is 0.115 e. The Bertz CT molecular complexity index is 563. The second-order valence-corrected chi connectivity index (χ2v) is 6.19. The first-order valence-electron chi connectivity index (χ1n) is 6.91. The van der Waals surface area contributed by atoms with Crippen LogP contribution in [0.4, 0.5) is 0 Å². The molecular weight excluding hydrogens is 256 g/mol. The Morgan fingerprint density at radius 2 is 2.32 bits per heavy atom. The van der Waals surface area contributed by atoms with E-state index < -0.39 is 0 Å². The Labute approximate surface area is 117 Å². The summed E-state index contributed by atoms with van der Waals surface area (Å²) < 4.78 is 1.93. The van der Waals surface area contributed by atoms with Crippen LogP contribution in [0.5, 0.6) is 0 Å². The Morgan fingerprint density at radius 1 is 1.47 bits per heavy atom. The standard InChI is InChI=1S/C14H20N4S/c1-4-15-13(10-8-16-18(3)9(10)2)14-17-11-6-5-7-12(11)19-14/h8,13,15H,4-7H2,1-3H3. The van der Waals surface area contributed by atoms with Crippen LogP contribution in [-0.2, 0) is 19.9 Å². The lowest BCUT2D eigenvalue weighted by atomic mass is 10.1. The van der Waals surface area contributed by atoms with Crippen molar-refractivity contribution < 1.29 is 0 Å². The largest absolute Gasteiger partial charge is 0.304 e. The van der Waals surface area contributed by atoms with Gasteiger partial charge >= 0.3 is 0 Å². The average molecular weight is 276 g/mol. The molecule has 1 N–H and O–H groups in total. The van der Waals surface area contributed by atoms with Crippen molar-refractivity contribution in [3.8, 4) is 0 Å². The summed E-state index contributed by atoms with van der Waals surface area (Å²) in [6, 6.07) is 0.189. The lowest BCUT2D eigenvalue weighted by Gasteiger charge is -2.15. The molecule has 5 heteroatoms. The molecule has 2 heterocycles. The van der Waals surface area contributed by atoms with Crippen LogP contribution in [0.1, 0.15) is 46.2 Å². The minimum absolute atomic E-state index is 0.189. The predicted molar refractivity (Wildman–Crippen MR) is 77.6 cm³/mol. The van der Waals surface area contributed by atoms with Gasteiger partial charge < -0.3 is 5.32 Å². The summed E-state index contributed by atoms with van der Waals surface area (Å²) in [6.07, 6.45) is 5.59. The van der Waals surface area contributed by atoms with E-state index in [1.807, 2.05) is 29.3 Å². The number of hydrogen-bond acceptors (Lipinski definition) is 4. The monoisotopic (exact) mass is 276 g/mol. The smallest absolute Gasteiger partial charge is 0.115 e. The molecule has 0 aromatic carbocycles. The van der Waals surface area contributed by atoms with Gasteiger partial charge in [0.15, 0.2) is 0 Å². The molecular formula is C14H20N4S. The van der Waals surface area contributed by atoms with E-state index in [0.29, 0.717) is 0 Å². The van der Waals surface area contributed by atoms with Gasteiger partial charge in [0.25, 0.3) is 0 Å². The van der Waals surface area contributed by atoms with Crippen molar-refractivity contribution in [3.63, 3.8) is 0 Å². The number of aromatic nitrogens is 3. The van der Waals surface area contributed by atoms with Gasteiger partial charge in [-0.15, -0.1) is 11.3 Å². The molecule has 0 saturated carbocycles. The summed E-state index contributed by atoms with van der Waals surface area (Å²) in [7, 11) is 1.99. The maximum atomic E-state index is 4.86. The number of aryl methyl sites for hydroxylation is 3. The quantitative estimate of drug-likeness (QED) is 0.932. The number of fused-ring (bicyclic) bond motifs is 1. The van der Waals surface area contributed by atoms with Crippen LogP contribution < -0.4 is 5.32 Å². The molecule has 4 nitrogen and oxygen atoms in total. The number of nitrogens with one attached hydrogen (secondary N) is 1. The Hall–Kier alpha value is -1.20. The number of thiazole rings is 1. The van der Waals surface area contributed by atoms with Gasteiger partial charge in [0, 0.05) is 23.2 Å². The van der Waals surface area contributed by atoms with Crippen LogP contribution in [0.3, 0.4) is 0 Å². The molecule has 102 valence electrons. The number of hydrogen-bond donors (Lipinski definition) is 1. The molecule has 3 rings (SSSR count). The van der Waals surface area contributed by atoms with E-state index in [-0.39, 0.29) is 6.04 Å². The summed E-state index contributed by atoms with van der Waals surface area (Å²) in [5, 5.41) is 9.11. The lowest BCUT2D eigenvalue weighted by molar-refractivity contribution is 0.619. The van der Waals surface area contributed by atoms with Crippen LogP contribution in [0.15, 0.2) is 6.20 Å². The first-order chi connectivity index (χ1) is 9.20. The molecule has 0 amide bonds. The summed E-state index contributed by atoms with van der Waals surface area (Å²) in [5.41, 5.74) is 3.78. The van der Waals surface area contributed by atoms with E-state index in [1.165, 1.54) is 39.7 Å². The average Bonchev–Trinajstić information content (AvgIpc) is 3.04. The third-order valence-electron chi connectivity index (χ3n) is 3.85. The highest BCUT2D eigenvalue weighted by molar-refractivity contribution is 7.11. The van der Waals surface area contributed by atoms with E-state index in [4.69, 9.17) is 4.98 Å². The van der Waals surface area contributed by atoms with Gasteiger partial charge in [-0.25, -0.2) is 4.98 Å². The molecule has 1 aliphatic carbocycles. The molecule has 1 aliphatic rings. The van der Waals surface area contributed by atoms with Crippen molar-refractivity contribution in [2.75, 3.05) is 6.54 Å². The van der Waals surface area contributed by atoms with Crippen molar-refractivity contribution >= 4 is 11.3 Å². The van der Waals surface area contributed by atoms with Gasteiger partial charge in [0.05, 0.1) is 17.9 Å². The second-order valence-electron chi connectivity index (χ2n) is 5.08. The molecule has 0 saturated heterocycles. The van der Waals surface area contributed by atoms with Gasteiger partial charge in [-0.1, -0.05) is 6.92 Å². The van der Waals surface area contributed by atoms with Crippen molar-refractivity contribution in [2.45, 2.75) is 39.2 Å². The molecule has 1 unspecified atom stereocenters. The lowest BCUT2D eigenvalue weighted by Crippen LogP contribution is -2.22. The van der Waals surface area contributed by atoms with Gasteiger partial charge in [0.2, 0.25) is 0 Å². The zero-order valence-corrected chi connectivity index (χ0v) is 12.5. The van der Waals surface area contributed by atoms with E-state index in [9.17, 15) is 0 Å². The topological polar surface area (TPSA) is 42.7 Å². The molecule has 0 radical (unpaired) electrons. The normalized spacial score (nSPS) is 15.7. The zero-order valence-electron chi connectivity index (χ0n) is 11.7. The van der Waals surface area contributed by atoms with Gasteiger partial charge in [-0.05, 0) is 32.7 Å². The first kappa shape index (κ1) is 12.8. The Kier molecular flexibility index (Phi) is 3.41. The highest BCUT2D eigenvalue weighted by Crippen LogP contribution is 2.33. The molecule has 19 heavy (non-hydrogen) atoms. The number of nitrogens with zero attached hydrogens (tertiary/aromatic N) is 3. The third-order valence-corrected chi connectivity index (χ3v) is 5.07. The van der Waals surface area contributed by atoms with Crippen LogP contribution in [0.25, 0.3) is 0 Å². The van der Waals surface area contributed by atoms with Crippen LogP contribution in [-0.4, -0.2) is 21.3 Å². The van der Waals surface area contributed by atoms with Crippen molar-refractivity contribution in [1.82, 2.24) is 20.1 Å². The highest BCUT2D eigenvalue weighted by atomic mass is 32.1. The molecule has 1 atom stereocenters. The first-order valence-corrected chi connectivity index (χ1v) is 7.72. The molecule has 0 spiro atoms. The summed E-state index contributed by atoms with van der Waals surface area (Å²) in [6.45, 7) is 5.19. The van der Waals surface area contributed by atoms with E-state index in [2.05, 4.69) is 24.3 Å². The van der Waals surface area contributed by atoms with E-state index >= 15 is 0 Å². The molecule has 0 bridgehead atoms. The van der Waals surface area contributed by atoms with Crippen LogP contribution >= 0.6 is 11.3 Å². The fourth-order valence-corrected chi connectivity index (χ4v) is 3.92. The summed E-state index contributed by atoms with van der Waals surface area (Å²) >= 11 is 1.87. The van der Waals surface area contributed by atoms with Crippen molar-refractivity contribution in [2.24, 2.45) is 7.05 Å². The fraction of sp³-hybridized carbons (Fsp3) is 0.571. The van der Waals surface area contributed by atoms with Crippen molar-refractivity contribution in [3.05, 3.63) is 33.0 Å². The van der Waals surface area contributed by atoms with E-state index in [0.717, 1.165) is 13.0 Å². The van der Waals surface area contributed by atoms with E-state index in [1.54, 1.807) is 0 Å². The van der Waals surface area contributed by atoms with Gasteiger partial charge in [0.1, 0.15) is 5.01 Å². The number of rotatable bonds is 4. The Balaban J connectivity index is 1.98. The molecule has 0 fully saturated rings. The minimum Gasteiger partial charge on any atom is -0.304 e.